The largest absolute Gasteiger partial charge is 0.458 e. The van der Waals surface area contributed by atoms with Crippen molar-refractivity contribution in [3.63, 3.8) is 0 Å². The molecule has 9 nitrogen and oxygen atoms in total. The zero-order valence-corrected chi connectivity index (χ0v) is 18.5. The third-order valence-corrected chi connectivity index (χ3v) is 5.07. The van der Waals surface area contributed by atoms with Crippen LogP contribution < -0.4 is 10.1 Å². The molecule has 0 saturated heterocycles. The first-order chi connectivity index (χ1) is 15.6. The average molecular weight is 455 g/mol. The monoisotopic (exact) mass is 455 g/mol. The summed E-state index contributed by atoms with van der Waals surface area (Å²) >= 11 is 1.09. The molecule has 2 heterocycles. The molecule has 0 aliphatic heterocycles. The van der Waals surface area contributed by atoms with Crippen molar-refractivity contribution in [2.24, 2.45) is 7.05 Å². The number of rotatable bonds is 9. The minimum absolute atomic E-state index is 0.301. The van der Waals surface area contributed by atoms with Gasteiger partial charge < -0.3 is 19.2 Å². The normalized spacial score (nSPS) is 11.1. The van der Waals surface area contributed by atoms with Crippen LogP contribution in [0.3, 0.4) is 0 Å². The molecule has 1 amide bonds. The molecule has 0 aliphatic carbocycles. The van der Waals surface area contributed by atoms with Crippen molar-refractivity contribution in [2.75, 3.05) is 19.5 Å². The number of carbonyl (C=O) groups excluding carboxylic acids is 1. The van der Waals surface area contributed by atoms with Gasteiger partial charge >= 0.3 is 0 Å². The molecule has 0 radical (unpaired) electrons. The van der Waals surface area contributed by atoms with Crippen molar-refractivity contribution in [3.05, 3.63) is 66.1 Å². The van der Waals surface area contributed by atoms with Crippen molar-refractivity contribution in [1.82, 2.24) is 9.78 Å². The van der Waals surface area contributed by atoms with E-state index in [-0.39, 0.29) is 5.91 Å². The molecule has 2 aromatic heterocycles. The number of benzene rings is 2. The van der Waals surface area contributed by atoms with Crippen LogP contribution in [-0.2, 0) is 27.6 Å². The fourth-order valence-electron chi connectivity index (χ4n) is 3.02. The van der Waals surface area contributed by atoms with Crippen LogP contribution in [0.2, 0.25) is 0 Å². The zero-order valence-electron chi connectivity index (χ0n) is 17.7. The van der Waals surface area contributed by atoms with Crippen molar-refractivity contribution in [2.45, 2.75) is 11.5 Å². The van der Waals surface area contributed by atoms with Gasteiger partial charge in [0, 0.05) is 36.9 Å². The molecule has 166 valence electrons. The lowest BCUT2D eigenvalue weighted by Crippen LogP contribution is -2.12. The van der Waals surface area contributed by atoms with E-state index in [2.05, 4.69) is 15.3 Å². The molecule has 4 aromatic rings. The summed E-state index contributed by atoms with van der Waals surface area (Å²) < 4.78 is 23.6. The number of furan rings is 1. The molecule has 2 aromatic carbocycles. The Labute approximate surface area is 188 Å². The van der Waals surface area contributed by atoms with Crippen LogP contribution in [0.15, 0.2) is 64.0 Å². The van der Waals surface area contributed by atoms with E-state index in [1.807, 2.05) is 18.2 Å². The zero-order chi connectivity index (χ0) is 22.5. The first kappa shape index (κ1) is 21.9. The van der Waals surface area contributed by atoms with Gasteiger partial charge in [0.15, 0.2) is 5.82 Å². The van der Waals surface area contributed by atoms with Crippen LogP contribution in [0, 0.1) is 0 Å². The highest BCUT2D eigenvalue weighted by Gasteiger charge is 2.17. The smallest absolute Gasteiger partial charge is 0.257 e. The number of nitrogens with one attached hydrogen (secondary N) is 1. The Morgan fingerprint density at radius 1 is 1.16 bits per heavy atom. The third-order valence-electron chi connectivity index (χ3n) is 4.40. The summed E-state index contributed by atoms with van der Waals surface area (Å²) in [7, 11) is 4.80. The molecule has 1 N–H and O–H groups in total. The number of carbonyl (C=O) groups is 1. The Hall–Kier alpha value is -3.31. The number of hydrogen-bond donors (Lipinski definition) is 1. The molecule has 0 fully saturated rings. The highest BCUT2D eigenvalue weighted by Crippen LogP contribution is 2.35. The van der Waals surface area contributed by atoms with E-state index >= 15 is 0 Å². The molecule has 0 aliphatic rings. The number of aryl methyl sites for hydroxylation is 1. The number of nitrogens with zero attached hydrogens (tertiary/aromatic N) is 2. The van der Waals surface area contributed by atoms with Gasteiger partial charge in [-0.1, -0.05) is 0 Å². The van der Waals surface area contributed by atoms with Crippen LogP contribution in [0.25, 0.3) is 11.0 Å². The summed E-state index contributed by atoms with van der Waals surface area (Å²) in [6.07, 6.45) is 1.75. The van der Waals surface area contributed by atoms with E-state index in [1.165, 1.54) is 7.11 Å². The second-order valence-electron chi connectivity index (χ2n) is 6.75. The SMILES string of the molecule is COCc1cc2c(Oc3ccc(SOOC)cc3)cc(C(=O)Nc3ccn(C)n3)cc2o1. The Kier molecular flexibility index (Phi) is 6.76. The van der Waals surface area contributed by atoms with Gasteiger partial charge in [-0.15, -0.1) is 0 Å². The Morgan fingerprint density at radius 3 is 2.66 bits per heavy atom. The van der Waals surface area contributed by atoms with E-state index in [4.69, 9.17) is 18.2 Å². The summed E-state index contributed by atoms with van der Waals surface area (Å²) in [5.41, 5.74) is 0.888. The highest BCUT2D eigenvalue weighted by molar-refractivity contribution is 7.94. The average Bonchev–Trinajstić information content (AvgIpc) is 3.39. The minimum atomic E-state index is -0.330. The Morgan fingerprint density at radius 2 is 1.97 bits per heavy atom. The standard InChI is InChI=1S/C22H21N3O6S/c1-25-9-8-21(24-25)23-22(26)14-10-19(18-12-16(13-27-2)30-20(18)11-14)29-15-4-6-17(7-5-15)32-31-28-3/h4-12H,13H2,1-3H3,(H,23,24,26). The van der Waals surface area contributed by atoms with Crippen LogP contribution in [0.4, 0.5) is 5.82 Å². The van der Waals surface area contributed by atoms with Crippen LogP contribution in [0.5, 0.6) is 11.5 Å². The Bertz CT molecular complexity index is 1220. The first-order valence-corrected chi connectivity index (χ1v) is 10.3. The maximum atomic E-state index is 12.8. The molecule has 0 saturated carbocycles. The number of anilines is 1. The molecule has 0 spiro atoms. The van der Waals surface area contributed by atoms with Crippen molar-refractivity contribution >= 4 is 34.7 Å². The number of fused-ring (bicyclic) bond motifs is 1. The van der Waals surface area contributed by atoms with Gasteiger partial charge in [0.2, 0.25) is 0 Å². The summed E-state index contributed by atoms with van der Waals surface area (Å²) in [6.45, 7) is 0.301. The Balaban J connectivity index is 1.65. The van der Waals surface area contributed by atoms with Gasteiger partial charge in [-0.3, -0.25) is 9.48 Å². The summed E-state index contributed by atoms with van der Waals surface area (Å²) in [4.78, 5) is 18.3. The number of amides is 1. The molecule has 0 unspecified atom stereocenters. The second-order valence-corrected chi connectivity index (χ2v) is 7.53. The highest BCUT2D eigenvalue weighted by atomic mass is 32.2. The van der Waals surface area contributed by atoms with Gasteiger partial charge in [0.25, 0.3) is 5.91 Å². The lowest BCUT2D eigenvalue weighted by molar-refractivity contribution is -0.160. The molecule has 10 heteroatoms. The molecule has 4 rings (SSSR count). The predicted octanol–water partition coefficient (Wildman–Crippen LogP) is 4.94. The number of ether oxygens (including phenoxy) is 2. The summed E-state index contributed by atoms with van der Waals surface area (Å²) in [5, 5.41) is 7.68. The van der Waals surface area contributed by atoms with Crippen molar-refractivity contribution < 1.29 is 27.9 Å². The van der Waals surface area contributed by atoms with E-state index in [0.717, 1.165) is 22.3 Å². The molecular formula is C22H21N3O6S. The number of methoxy groups -OCH3 is 1. The predicted molar refractivity (Wildman–Crippen MR) is 119 cm³/mol. The fraction of sp³-hybridized carbons (Fsp3) is 0.182. The fourth-order valence-corrected chi connectivity index (χ4v) is 3.42. The molecule has 0 bridgehead atoms. The molecular weight excluding hydrogens is 434 g/mol. The van der Waals surface area contributed by atoms with E-state index in [9.17, 15) is 4.79 Å². The molecule has 32 heavy (non-hydrogen) atoms. The van der Waals surface area contributed by atoms with Crippen molar-refractivity contribution in [3.8, 4) is 11.5 Å². The third kappa shape index (κ3) is 5.11. The van der Waals surface area contributed by atoms with Crippen LogP contribution in [0.1, 0.15) is 16.1 Å². The van der Waals surface area contributed by atoms with Gasteiger partial charge in [0.1, 0.15) is 29.4 Å². The lowest BCUT2D eigenvalue weighted by Gasteiger charge is -2.10. The van der Waals surface area contributed by atoms with E-state index < -0.39 is 0 Å². The quantitative estimate of drug-likeness (QED) is 0.215. The van der Waals surface area contributed by atoms with Crippen molar-refractivity contribution in [1.29, 1.82) is 0 Å². The summed E-state index contributed by atoms with van der Waals surface area (Å²) in [5.74, 6) is 1.81. The topological polar surface area (TPSA) is 97.0 Å². The van der Waals surface area contributed by atoms with Gasteiger partial charge in [-0.25, -0.2) is 4.89 Å². The number of hydrogen-bond acceptors (Lipinski definition) is 8. The molecule has 0 atom stereocenters. The first-order valence-electron chi connectivity index (χ1n) is 9.57. The number of aromatic nitrogens is 2. The lowest BCUT2D eigenvalue weighted by atomic mass is 10.1. The maximum absolute atomic E-state index is 12.8. The minimum Gasteiger partial charge on any atom is -0.458 e. The summed E-state index contributed by atoms with van der Waals surface area (Å²) in [6, 6.07) is 14.1. The van der Waals surface area contributed by atoms with Gasteiger partial charge in [-0.2, -0.15) is 9.43 Å². The van der Waals surface area contributed by atoms with Crippen LogP contribution >= 0.6 is 12.0 Å². The van der Waals surface area contributed by atoms with Crippen LogP contribution in [-0.4, -0.2) is 29.9 Å². The van der Waals surface area contributed by atoms with E-state index in [1.54, 1.807) is 55.4 Å². The second kappa shape index (κ2) is 9.88. The maximum Gasteiger partial charge on any atom is 0.257 e. The van der Waals surface area contributed by atoms with E-state index in [0.29, 0.717) is 40.8 Å². The van der Waals surface area contributed by atoms with Gasteiger partial charge in [-0.05, 0) is 42.5 Å². The van der Waals surface area contributed by atoms with Gasteiger partial charge in [0.05, 0.1) is 24.5 Å².